The van der Waals surface area contributed by atoms with Crippen LogP contribution >= 0.6 is 0 Å². The minimum atomic E-state index is -0.365. The van der Waals surface area contributed by atoms with Gasteiger partial charge in [0.2, 0.25) is 0 Å². The number of hydrogen-bond acceptors (Lipinski definition) is 5. The van der Waals surface area contributed by atoms with E-state index in [1.807, 2.05) is 0 Å². The summed E-state index contributed by atoms with van der Waals surface area (Å²) in [6.45, 7) is 7.98. The zero-order valence-electron chi connectivity index (χ0n) is 17.0. The molecule has 6 nitrogen and oxygen atoms in total. The zero-order chi connectivity index (χ0) is 19.6. The zero-order valence-corrected chi connectivity index (χ0v) is 17.0. The van der Waals surface area contributed by atoms with Crippen molar-refractivity contribution in [2.45, 2.75) is 46.1 Å². The first-order valence-electron chi connectivity index (χ1n) is 9.76. The lowest BCUT2D eigenvalue weighted by molar-refractivity contribution is -0.938. The average Bonchev–Trinajstić information content (AvgIpc) is 2.64. The molecule has 3 atom stereocenters. The second kappa shape index (κ2) is 8.30. The Morgan fingerprint density at radius 3 is 2.59 bits per heavy atom. The second-order valence-corrected chi connectivity index (χ2v) is 8.02. The average molecular weight is 375 g/mol. The van der Waals surface area contributed by atoms with Crippen LogP contribution in [0.4, 0.5) is 0 Å². The second-order valence-electron chi connectivity index (χ2n) is 8.02. The van der Waals surface area contributed by atoms with Crippen molar-refractivity contribution in [1.29, 1.82) is 0 Å². The fourth-order valence-corrected chi connectivity index (χ4v) is 4.50. The Bertz CT molecular complexity index is 729. The summed E-state index contributed by atoms with van der Waals surface area (Å²) in [5.74, 6) is 2.12. The van der Waals surface area contributed by atoms with E-state index in [9.17, 15) is 4.79 Å². The standard InChI is InChI=1S/C21H30N2O4/c1-13(2)8-16-12-23-7-6-15-9-20(25-4)21(26-5)10-17(15)19(23)11-18(16)22-27-14(3)24/h9-10,13,16,19H,6-8,11-12H2,1-5H3/p+1/b22-18-/t16-,19+/m1/s1. The molecule has 0 bridgehead atoms. The highest BCUT2D eigenvalue weighted by Gasteiger charge is 2.41. The number of ether oxygens (including phenoxy) is 2. The number of oxime groups is 1. The molecule has 2 aliphatic rings. The fraction of sp³-hybridized carbons (Fsp3) is 0.619. The molecule has 1 aromatic rings. The molecule has 148 valence electrons. The Hall–Kier alpha value is -2.08. The van der Waals surface area contributed by atoms with E-state index < -0.39 is 0 Å². The molecule has 1 aromatic carbocycles. The fourth-order valence-electron chi connectivity index (χ4n) is 4.50. The van der Waals surface area contributed by atoms with Gasteiger partial charge < -0.3 is 19.2 Å². The first-order chi connectivity index (χ1) is 12.9. The summed E-state index contributed by atoms with van der Waals surface area (Å²) in [5, 5.41) is 4.26. The number of methoxy groups -OCH3 is 2. The monoisotopic (exact) mass is 375 g/mol. The Balaban J connectivity index is 1.93. The molecule has 27 heavy (non-hydrogen) atoms. The van der Waals surface area contributed by atoms with Gasteiger partial charge in [0.05, 0.1) is 38.9 Å². The molecular weight excluding hydrogens is 344 g/mol. The molecule has 1 fully saturated rings. The van der Waals surface area contributed by atoms with E-state index in [1.165, 1.54) is 18.1 Å². The van der Waals surface area contributed by atoms with E-state index in [0.717, 1.165) is 49.6 Å². The number of hydrogen-bond donors (Lipinski definition) is 1. The van der Waals surface area contributed by atoms with Crippen molar-refractivity contribution in [2.24, 2.45) is 17.0 Å². The minimum Gasteiger partial charge on any atom is -0.493 e. The predicted octanol–water partition coefficient (Wildman–Crippen LogP) is 2.17. The van der Waals surface area contributed by atoms with Crippen LogP contribution in [0.25, 0.3) is 0 Å². The molecule has 1 saturated heterocycles. The molecule has 3 rings (SSSR count). The van der Waals surface area contributed by atoms with Crippen molar-refractivity contribution in [3.8, 4) is 11.5 Å². The van der Waals surface area contributed by atoms with E-state index >= 15 is 0 Å². The van der Waals surface area contributed by atoms with Gasteiger partial charge in [0, 0.05) is 25.3 Å². The van der Waals surface area contributed by atoms with Crippen LogP contribution in [0.1, 0.15) is 50.8 Å². The van der Waals surface area contributed by atoms with E-state index in [0.29, 0.717) is 17.9 Å². The number of rotatable bonds is 5. The van der Waals surface area contributed by atoms with Gasteiger partial charge in [-0.05, 0) is 30.0 Å². The number of piperidine rings is 1. The molecule has 1 N–H and O–H groups in total. The highest BCUT2D eigenvalue weighted by atomic mass is 16.7. The van der Waals surface area contributed by atoms with Gasteiger partial charge in [0.1, 0.15) is 6.04 Å². The van der Waals surface area contributed by atoms with Crippen LogP contribution in [0.2, 0.25) is 0 Å². The van der Waals surface area contributed by atoms with Gasteiger partial charge in [-0.15, -0.1) is 0 Å². The van der Waals surface area contributed by atoms with Crippen molar-refractivity contribution in [3.63, 3.8) is 0 Å². The van der Waals surface area contributed by atoms with Crippen molar-refractivity contribution in [2.75, 3.05) is 27.3 Å². The Morgan fingerprint density at radius 1 is 1.26 bits per heavy atom. The number of carbonyl (C=O) groups is 1. The lowest BCUT2D eigenvalue weighted by atomic mass is 9.79. The lowest BCUT2D eigenvalue weighted by Crippen LogP contribution is -3.15. The summed E-state index contributed by atoms with van der Waals surface area (Å²) < 4.78 is 11.0. The van der Waals surface area contributed by atoms with Crippen LogP contribution in [0.15, 0.2) is 17.3 Å². The summed E-state index contributed by atoms with van der Waals surface area (Å²) in [4.78, 5) is 17.9. The lowest BCUT2D eigenvalue weighted by Gasteiger charge is -2.41. The van der Waals surface area contributed by atoms with Crippen molar-refractivity contribution < 1.29 is 24.0 Å². The number of nitrogens with zero attached hydrogens (tertiary/aromatic N) is 1. The van der Waals surface area contributed by atoms with Crippen molar-refractivity contribution in [3.05, 3.63) is 23.3 Å². The van der Waals surface area contributed by atoms with E-state index in [4.69, 9.17) is 14.3 Å². The predicted molar refractivity (Wildman–Crippen MR) is 103 cm³/mol. The van der Waals surface area contributed by atoms with Gasteiger partial charge in [0.25, 0.3) is 0 Å². The van der Waals surface area contributed by atoms with Crippen LogP contribution < -0.4 is 14.4 Å². The van der Waals surface area contributed by atoms with Crippen LogP contribution in [0.5, 0.6) is 11.5 Å². The normalized spacial score (nSPS) is 25.7. The molecule has 0 spiro atoms. The van der Waals surface area contributed by atoms with Gasteiger partial charge in [-0.2, -0.15) is 0 Å². The largest absolute Gasteiger partial charge is 0.493 e. The van der Waals surface area contributed by atoms with E-state index in [2.05, 4.69) is 31.1 Å². The Labute approximate surface area is 161 Å². The summed E-state index contributed by atoms with van der Waals surface area (Å²) >= 11 is 0. The molecule has 0 amide bonds. The smallest absolute Gasteiger partial charge is 0.331 e. The maximum Gasteiger partial charge on any atom is 0.331 e. The summed E-state index contributed by atoms with van der Waals surface area (Å²) in [6.07, 6.45) is 2.91. The summed E-state index contributed by atoms with van der Waals surface area (Å²) in [7, 11) is 3.34. The van der Waals surface area contributed by atoms with Gasteiger partial charge in [0.15, 0.2) is 11.5 Å². The van der Waals surface area contributed by atoms with E-state index in [1.54, 1.807) is 19.1 Å². The van der Waals surface area contributed by atoms with Crippen molar-refractivity contribution in [1.82, 2.24) is 0 Å². The summed E-state index contributed by atoms with van der Waals surface area (Å²) in [6, 6.07) is 4.53. The molecule has 0 aromatic heterocycles. The third kappa shape index (κ3) is 4.26. The summed E-state index contributed by atoms with van der Waals surface area (Å²) in [5.41, 5.74) is 3.62. The Morgan fingerprint density at radius 2 is 1.96 bits per heavy atom. The molecule has 0 aliphatic carbocycles. The number of benzene rings is 1. The third-order valence-electron chi connectivity index (χ3n) is 5.67. The number of fused-ring (bicyclic) bond motifs is 3. The molecule has 6 heteroatoms. The molecule has 2 aliphatic heterocycles. The van der Waals surface area contributed by atoms with Crippen LogP contribution in [0.3, 0.4) is 0 Å². The number of nitrogens with one attached hydrogen (secondary N) is 1. The van der Waals surface area contributed by atoms with Gasteiger partial charge in [-0.3, -0.25) is 0 Å². The quantitative estimate of drug-likeness (QED) is 0.633. The van der Waals surface area contributed by atoms with Gasteiger partial charge >= 0.3 is 5.97 Å². The third-order valence-corrected chi connectivity index (χ3v) is 5.67. The highest BCUT2D eigenvalue weighted by molar-refractivity contribution is 5.88. The number of carbonyl (C=O) groups excluding carboxylic acids is 1. The highest BCUT2D eigenvalue weighted by Crippen LogP contribution is 2.36. The van der Waals surface area contributed by atoms with Crippen molar-refractivity contribution >= 4 is 11.7 Å². The molecule has 0 radical (unpaired) electrons. The molecular formula is C21H31N2O4+. The van der Waals surface area contributed by atoms with Gasteiger partial charge in [-0.1, -0.05) is 19.0 Å². The van der Waals surface area contributed by atoms with Crippen LogP contribution in [0, 0.1) is 11.8 Å². The first-order valence-corrected chi connectivity index (χ1v) is 9.76. The molecule has 0 saturated carbocycles. The Kier molecular flexibility index (Phi) is 6.05. The maximum absolute atomic E-state index is 11.3. The minimum absolute atomic E-state index is 0.311. The SMILES string of the molecule is COc1cc2c(cc1OC)[C@@H]1C/C(=N/OC(C)=O)[C@H](CC(C)C)C[NH+]1CC2. The first kappa shape index (κ1) is 19.7. The molecule has 1 unspecified atom stereocenters. The van der Waals surface area contributed by atoms with Crippen LogP contribution in [-0.4, -0.2) is 39.0 Å². The number of quaternary nitrogens is 1. The topological polar surface area (TPSA) is 61.6 Å². The van der Waals surface area contributed by atoms with E-state index in [-0.39, 0.29) is 5.97 Å². The maximum atomic E-state index is 11.3. The molecule has 2 heterocycles. The van der Waals surface area contributed by atoms with Crippen LogP contribution in [-0.2, 0) is 16.1 Å². The van der Waals surface area contributed by atoms with Gasteiger partial charge in [-0.25, -0.2) is 4.79 Å².